The second-order valence-electron chi connectivity index (χ2n) is 6.13. The first-order chi connectivity index (χ1) is 11.6. The number of hydrogen-bond donors (Lipinski definition) is 0. The maximum Gasteiger partial charge on any atom is 0.233 e. The van der Waals surface area contributed by atoms with Crippen molar-refractivity contribution in [2.24, 2.45) is 0 Å². The van der Waals surface area contributed by atoms with Gasteiger partial charge in [0, 0.05) is 19.6 Å². The predicted molar refractivity (Wildman–Crippen MR) is 97.2 cm³/mol. The number of aromatic nitrogens is 2. The minimum absolute atomic E-state index is 0.0908. The number of nitrogens with zero attached hydrogens (tertiary/aromatic N) is 3. The van der Waals surface area contributed by atoms with Gasteiger partial charge in [-0.2, -0.15) is 0 Å². The molecule has 1 aromatic carbocycles. The molecule has 1 aliphatic heterocycles. The van der Waals surface area contributed by atoms with Gasteiger partial charge in [0.15, 0.2) is 5.16 Å². The van der Waals surface area contributed by atoms with Gasteiger partial charge in [0.25, 0.3) is 0 Å². The molecule has 0 bridgehead atoms. The molecular weight excluding hydrogens is 322 g/mol. The van der Waals surface area contributed by atoms with Crippen molar-refractivity contribution in [3.05, 3.63) is 36.9 Å². The number of carbonyl (C=O) groups excluding carboxylic acids is 1. The molecule has 3 rings (SSSR count). The molecule has 2 unspecified atom stereocenters. The number of carbonyl (C=O) groups is 1. The lowest BCUT2D eigenvalue weighted by molar-refractivity contribution is -0.140. The quantitative estimate of drug-likeness (QED) is 0.617. The average Bonchev–Trinajstić information content (AvgIpc) is 2.90. The van der Waals surface area contributed by atoms with Crippen LogP contribution >= 0.6 is 11.8 Å². The second-order valence-corrected chi connectivity index (χ2v) is 7.07. The SMILES string of the molecule is C=CCn1c(SCC(=O)N2CC(C)OC(C)C2)nc2ccccc21. The van der Waals surface area contributed by atoms with Crippen molar-refractivity contribution in [1.29, 1.82) is 0 Å². The highest BCUT2D eigenvalue weighted by Gasteiger charge is 2.26. The van der Waals surface area contributed by atoms with E-state index in [1.807, 2.05) is 49.1 Å². The summed E-state index contributed by atoms with van der Waals surface area (Å²) in [5.41, 5.74) is 2.02. The number of amides is 1. The molecule has 0 N–H and O–H groups in total. The zero-order valence-corrected chi connectivity index (χ0v) is 15.0. The van der Waals surface area contributed by atoms with Crippen molar-refractivity contribution in [2.75, 3.05) is 18.8 Å². The molecule has 6 heteroatoms. The van der Waals surface area contributed by atoms with Crippen LogP contribution < -0.4 is 0 Å². The summed E-state index contributed by atoms with van der Waals surface area (Å²) in [6, 6.07) is 8.01. The number of hydrogen-bond acceptors (Lipinski definition) is 4. The molecule has 0 saturated carbocycles. The van der Waals surface area contributed by atoms with Gasteiger partial charge in [-0.25, -0.2) is 4.98 Å². The summed E-state index contributed by atoms with van der Waals surface area (Å²) in [7, 11) is 0. The Morgan fingerprint density at radius 1 is 1.38 bits per heavy atom. The first kappa shape index (κ1) is 17.0. The van der Waals surface area contributed by atoms with E-state index in [1.165, 1.54) is 11.8 Å². The van der Waals surface area contributed by atoms with Crippen LogP contribution in [0, 0.1) is 0 Å². The third-order valence-electron chi connectivity index (χ3n) is 4.03. The van der Waals surface area contributed by atoms with Gasteiger partial charge in [0.05, 0.1) is 29.0 Å². The highest BCUT2D eigenvalue weighted by Crippen LogP contribution is 2.25. The van der Waals surface area contributed by atoms with Crippen LogP contribution in [0.1, 0.15) is 13.8 Å². The number of imidazole rings is 1. The van der Waals surface area contributed by atoms with Gasteiger partial charge >= 0.3 is 0 Å². The topological polar surface area (TPSA) is 47.4 Å². The number of para-hydroxylation sites is 2. The van der Waals surface area contributed by atoms with E-state index in [0.29, 0.717) is 25.4 Å². The summed E-state index contributed by atoms with van der Waals surface area (Å²) in [5.74, 6) is 0.527. The summed E-state index contributed by atoms with van der Waals surface area (Å²) < 4.78 is 7.79. The highest BCUT2D eigenvalue weighted by molar-refractivity contribution is 7.99. The summed E-state index contributed by atoms with van der Waals surface area (Å²) in [6.45, 7) is 9.84. The first-order valence-electron chi connectivity index (χ1n) is 8.20. The molecule has 0 aliphatic carbocycles. The van der Waals surface area contributed by atoms with Crippen molar-refractivity contribution in [3.63, 3.8) is 0 Å². The van der Waals surface area contributed by atoms with E-state index in [1.54, 1.807) is 0 Å². The maximum atomic E-state index is 12.5. The van der Waals surface area contributed by atoms with Crippen molar-refractivity contribution in [1.82, 2.24) is 14.5 Å². The van der Waals surface area contributed by atoms with E-state index in [4.69, 9.17) is 4.74 Å². The summed E-state index contributed by atoms with van der Waals surface area (Å²) >= 11 is 1.49. The van der Waals surface area contributed by atoms with Crippen molar-refractivity contribution >= 4 is 28.7 Å². The Hall–Kier alpha value is -1.79. The van der Waals surface area contributed by atoms with Crippen molar-refractivity contribution < 1.29 is 9.53 Å². The van der Waals surface area contributed by atoms with Crippen LogP contribution in [-0.2, 0) is 16.1 Å². The van der Waals surface area contributed by atoms with Crippen LogP contribution in [0.2, 0.25) is 0 Å². The Labute approximate surface area is 146 Å². The predicted octanol–water partition coefficient (Wildman–Crippen LogP) is 2.95. The van der Waals surface area contributed by atoms with Gasteiger partial charge in [-0.15, -0.1) is 6.58 Å². The molecule has 24 heavy (non-hydrogen) atoms. The van der Waals surface area contributed by atoms with E-state index < -0.39 is 0 Å². The van der Waals surface area contributed by atoms with Crippen LogP contribution in [-0.4, -0.2) is 51.4 Å². The fourth-order valence-electron chi connectivity index (χ4n) is 3.07. The molecule has 2 heterocycles. The summed E-state index contributed by atoms with van der Waals surface area (Å²) in [4.78, 5) is 19.1. The fraction of sp³-hybridized carbons (Fsp3) is 0.444. The van der Waals surface area contributed by atoms with E-state index >= 15 is 0 Å². The molecule has 2 atom stereocenters. The maximum absolute atomic E-state index is 12.5. The lowest BCUT2D eigenvalue weighted by atomic mass is 10.2. The van der Waals surface area contributed by atoms with Gasteiger partial charge < -0.3 is 14.2 Å². The zero-order valence-electron chi connectivity index (χ0n) is 14.1. The van der Waals surface area contributed by atoms with Gasteiger partial charge in [-0.1, -0.05) is 30.0 Å². The normalized spacial score (nSPS) is 21.2. The standard InChI is InChI=1S/C18H23N3O2S/c1-4-9-21-16-8-6-5-7-15(16)19-18(21)24-12-17(22)20-10-13(2)23-14(3)11-20/h4-8,13-14H,1,9-12H2,2-3H3. The van der Waals surface area contributed by atoms with Crippen molar-refractivity contribution in [2.45, 2.75) is 37.8 Å². The molecule has 5 nitrogen and oxygen atoms in total. The van der Waals surface area contributed by atoms with Crippen molar-refractivity contribution in [3.8, 4) is 0 Å². The molecular formula is C18H23N3O2S. The number of thioether (sulfide) groups is 1. The Balaban J connectivity index is 1.72. The van der Waals surface area contributed by atoms with Crippen LogP contribution in [0.25, 0.3) is 11.0 Å². The van der Waals surface area contributed by atoms with Gasteiger partial charge in [0.2, 0.25) is 5.91 Å². The zero-order chi connectivity index (χ0) is 17.1. The highest BCUT2D eigenvalue weighted by atomic mass is 32.2. The average molecular weight is 345 g/mol. The summed E-state index contributed by atoms with van der Waals surface area (Å²) in [6.07, 6.45) is 2.03. The van der Waals surface area contributed by atoms with E-state index in [2.05, 4.69) is 16.1 Å². The number of ether oxygens (including phenoxy) is 1. The molecule has 1 aliphatic rings. The van der Waals surface area contributed by atoms with Crippen LogP contribution in [0.5, 0.6) is 0 Å². The molecule has 1 aromatic heterocycles. The first-order valence-corrected chi connectivity index (χ1v) is 9.19. The van der Waals surface area contributed by atoms with Gasteiger partial charge in [-0.3, -0.25) is 4.79 Å². The van der Waals surface area contributed by atoms with E-state index in [0.717, 1.165) is 16.2 Å². The lowest BCUT2D eigenvalue weighted by Gasteiger charge is -2.35. The van der Waals surface area contributed by atoms with E-state index in [9.17, 15) is 4.79 Å². The number of benzene rings is 1. The molecule has 1 saturated heterocycles. The van der Waals surface area contributed by atoms with Crippen LogP contribution in [0.15, 0.2) is 42.1 Å². The Morgan fingerprint density at radius 2 is 2.08 bits per heavy atom. The minimum Gasteiger partial charge on any atom is -0.372 e. The minimum atomic E-state index is 0.0908. The monoisotopic (exact) mass is 345 g/mol. The third kappa shape index (κ3) is 3.65. The van der Waals surface area contributed by atoms with Gasteiger partial charge in [0.1, 0.15) is 0 Å². The number of rotatable bonds is 5. The number of allylic oxidation sites excluding steroid dienone is 1. The smallest absolute Gasteiger partial charge is 0.233 e. The third-order valence-corrected chi connectivity index (χ3v) is 4.99. The van der Waals surface area contributed by atoms with Crippen LogP contribution in [0.4, 0.5) is 0 Å². The largest absolute Gasteiger partial charge is 0.372 e. The molecule has 2 aromatic rings. The molecule has 128 valence electrons. The molecule has 1 fully saturated rings. The summed E-state index contributed by atoms with van der Waals surface area (Å²) in [5, 5.41) is 0.860. The lowest BCUT2D eigenvalue weighted by Crippen LogP contribution is -2.48. The van der Waals surface area contributed by atoms with E-state index in [-0.39, 0.29) is 18.1 Å². The Kier molecular flexibility index (Phi) is 5.26. The number of fused-ring (bicyclic) bond motifs is 1. The fourth-order valence-corrected chi connectivity index (χ4v) is 3.99. The molecule has 1 amide bonds. The second kappa shape index (κ2) is 7.40. The Bertz CT molecular complexity index is 733. The molecule has 0 spiro atoms. The Morgan fingerprint density at radius 3 is 2.79 bits per heavy atom. The number of morpholine rings is 1. The van der Waals surface area contributed by atoms with Crippen LogP contribution in [0.3, 0.4) is 0 Å². The van der Waals surface area contributed by atoms with Gasteiger partial charge in [-0.05, 0) is 26.0 Å². The molecule has 0 radical (unpaired) electrons.